The van der Waals surface area contributed by atoms with Gasteiger partial charge in [-0.1, -0.05) is 18.2 Å². The Labute approximate surface area is 141 Å². The Hall–Kier alpha value is -1.57. The Balaban J connectivity index is 1.53. The maximum atomic E-state index is 11.8. The SMILES string of the molecule is O=CN([C@H](C[C@H]1COc2ccccc21)B(O)O)[C@H]1C[C@@H]2CC[C@H]1O2. The average Bonchev–Trinajstić information content (AvgIpc) is 3.30. The molecule has 7 heteroatoms. The molecule has 2 fully saturated rings. The maximum Gasteiger partial charge on any atom is 0.475 e. The highest BCUT2D eigenvalue weighted by Gasteiger charge is 2.47. The van der Waals surface area contributed by atoms with Crippen LogP contribution in [0.4, 0.5) is 0 Å². The van der Waals surface area contributed by atoms with E-state index in [1.54, 1.807) is 4.90 Å². The Morgan fingerprint density at radius 2 is 2.17 bits per heavy atom. The quantitative estimate of drug-likeness (QED) is 0.593. The summed E-state index contributed by atoms with van der Waals surface area (Å²) >= 11 is 0. The van der Waals surface area contributed by atoms with Crippen molar-refractivity contribution in [2.45, 2.75) is 55.8 Å². The second-order valence-corrected chi connectivity index (χ2v) is 6.99. The molecular formula is C17H22BNO5. The van der Waals surface area contributed by atoms with Crippen LogP contribution in [0.2, 0.25) is 0 Å². The minimum absolute atomic E-state index is 0.0218. The normalized spacial score (nSPS) is 31.4. The van der Waals surface area contributed by atoms with Gasteiger partial charge in [0.1, 0.15) is 5.75 Å². The summed E-state index contributed by atoms with van der Waals surface area (Å²) in [6, 6.07) is 7.72. The number of amides is 1. The van der Waals surface area contributed by atoms with E-state index in [2.05, 4.69) is 0 Å². The van der Waals surface area contributed by atoms with Crippen molar-refractivity contribution in [1.29, 1.82) is 0 Å². The molecule has 1 aromatic rings. The van der Waals surface area contributed by atoms with Crippen LogP contribution in [0.1, 0.15) is 37.2 Å². The van der Waals surface area contributed by atoms with Crippen molar-refractivity contribution in [3.63, 3.8) is 0 Å². The van der Waals surface area contributed by atoms with Gasteiger partial charge in [0.05, 0.1) is 30.8 Å². The Kier molecular flexibility index (Phi) is 4.24. The Morgan fingerprint density at radius 1 is 1.33 bits per heavy atom. The van der Waals surface area contributed by atoms with Crippen LogP contribution < -0.4 is 4.74 Å². The van der Waals surface area contributed by atoms with Gasteiger partial charge in [-0.05, 0) is 31.7 Å². The van der Waals surface area contributed by atoms with E-state index >= 15 is 0 Å². The monoisotopic (exact) mass is 331 g/mol. The minimum atomic E-state index is -1.58. The number of fused-ring (bicyclic) bond motifs is 3. The van der Waals surface area contributed by atoms with Gasteiger partial charge in [0.25, 0.3) is 0 Å². The lowest BCUT2D eigenvalue weighted by Gasteiger charge is -2.36. The molecule has 2 bridgehead atoms. The number of benzene rings is 1. The zero-order valence-corrected chi connectivity index (χ0v) is 13.5. The fourth-order valence-electron chi connectivity index (χ4n) is 4.44. The molecule has 0 saturated carbocycles. The third-order valence-corrected chi connectivity index (χ3v) is 5.63. The minimum Gasteiger partial charge on any atom is -0.493 e. The standard InChI is InChI=1S/C17H22BNO5/c20-10-19(14-8-12-5-6-16(14)24-12)17(18(21)22)7-11-9-23-15-4-2-1-3-13(11)15/h1-4,10-12,14,16-17,21-22H,5-9H2/t11-,12-,14-,16+,17+/m0/s1. The van der Waals surface area contributed by atoms with Crippen molar-refractivity contribution in [2.75, 3.05) is 6.61 Å². The predicted molar refractivity (Wildman–Crippen MR) is 87.5 cm³/mol. The second kappa shape index (κ2) is 6.39. The van der Waals surface area contributed by atoms with Gasteiger partial charge in [-0.2, -0.15) is 0 Å². The molecule has 2 N–H and O–H groups in total. The van der Waals surface area contributed by atoms with Crippen LogP contribution in [0, 0.1) is 0 Å². The molecule has 3 aliphatic heterocycles. The first-order valence-electron chi connectivity index (χ1n) is 8.63. The largest absolute Gasteiger partial charge is 0.493 e. The maximum absolute atomic E-state index is 11.8. The summed E-state index contributed by atoms with van der Waals surface area (Å²) in [5.74, 6) is 0.236. The molecule has 128 valence electrons. The summed E-state index contributed by atoms with van der Waals surface area (Å²) in [6.45, 7) is 0.502. The summed E-state index contributed by atoms with van der Waals surface area (Å²) in [4.78, 5) is 13.3. The lowest BCUT2D eigenvalue weighted by Crippen LogP contribution is -2.54. The fourth-order valence-corrected chi connectivity index (χ4v) is 4.44. The van der Waals surface area contributed by atoms with Gasteiger partial charge in [-0.15, -0.1) is 0 Å². The second-order valence-electron chi connectivity index (χ2n) is 6.99. The van der Waals surface area contributed by atoms with Gasteiger partial charge >= 0.3 is 7.12 Å². The number of para-hydroxylation sites is 1. The van der Waals surface area contributed by atoms with Crippen LogP contribution in [-0.2, 0) is 9.53 Å². The summed E-state index contributed by atoms with van der Waals surface area (Å²) in [7, 11) is -1.58. The van der Waals surface area contributed by atoms with Crippen molar-refractivity contribution in [2.24, 2.45) is 0 Å². The van der Waals surface area contributed by atoms with Gasteiger partial charge in [0.2, 0.25) is 6.41 Å². The first-order valence-corrected chi connectivity index (χ1v) is 8.63. The third-order valence-electron chi connectivity index (χ3n) is 5.63. The molecule has 3 heterocycles. The molecule has 24 heavy (non-hydrogen) atoms. The van der Waals surface area contributed by atoms with E-state index in [0.29, 0.717) is 13.0 Å². The third kappa shape index (κ3) is 2.70. The number of carbonyl (C=O) groups is 1. The number of ether oxygens (including phenoxy) is 2. The summed E-state index contributed by atoms with van der Waals surface area (Å²) in [6.07, 6.45) is 4.18. The number of carbonyl (C=O) groups excluding carboxylic acids is 1. The van der Waals surface area contributed by atoms with Crippen molar-refractivity contribution >= 4 is 13.5 Å². The summed E-state index contributed by atoms with van der Waals surface area (Å²) in [5.41, 5.74) is 1.07. The van der Waals surface area contributed by atoms with E-state index < -0.39 is 13.1 Å². The van der Waals surface area contributed by atoms with Crippen molar-refractivity contribution in [3.05, 3.63) is 29.8 Å². The zero-order valence-electron chi connectivity index (χ0n) is 13.5. The molecule has 1 amide bonds. The smallest absolute Gasteiger partial charge is 0.475 e. The highest BCUT2D eigenvalue weighted by atomic mass is 16.5. The molecule has 4 rings (SSSR count). The van der Waals surface area contributed by atoms with Crippen LogP contribution in [0.5, 0.6) is 5.75 Å². The van der Waals surface area contributed by atoms with Gasteiger partial charge in [-0.25, -0.2) is 0 Å². The van der Waals surface area contributed by atoms with Crippen molar-refractivity contribution in [3.8, 4) is 5.75 Å². The van der Waals surface area contributed by atoms with Crippen molar-refractivity contribution in [1.82, 2.24) is 4.90 Å². The van der Waals surface area contributed by atoms with Crippen LogP contribution in [0.3, 0.4) is 0 Å². The van der Waals surface area contributed by atoms with E-state index in [1.165, 1.54) is 0 Å². The van der Waals surface area contributed by atoms with Crippen LogP contribution in [-0.4, -0.2) is 59.3 Å². The van der Waals surface area contributed by atoms with E-state index in [1.807, 2.05) is 24.3 Å². The Morgan fingerprint density at radius 3 is 2.83 bits per heavy atom. The lowest BCUT2D eigenvalue weighted by molar-refractivity contribution is -0.123. The summed E-state index contributed by atoms with van der Waals surface area (Å²) in [5, 5.41) is 19.9. The molecule has 5 atom stereocenters. The van der Waals surface area contributed by atoms with E-state index in [0.717, 1.165) is 37.0 Å². The molecule has 2 saturated heterocycles. The molecule has 1 aromatic carbocycles. The number of hydrogen-bond donors (Lipinski definition) is 2. The molecule has 0 unspecified atom stereocenters. The van der Waals surface area contributed by atoms with Crippen LogP contribution in [0.15, 0.2) is 24.3 Å². The zero-order chi connectivity index (χ0) is 16.7. The first-order chi connectivity index (χ1) is 11.7. The molecule has 3 aliphatic rings. The molecule has 0 aromatic heterocycles. The van der Waals surface area contributed by atoms with Gasteiger partial charge in [-0.3, -0.25) is 4.79 Å². The van der Waals surface area contributed by atoms with Gasteiger partial charge < -0.3 is 24.4 Å². The lowest BCUT2D eigenvalue weighted by atomic mass is 9.71. The highest BCUT2D eigenvalue weighted by molar-refractivity contribution is 6.43. The highest BCUT2D eigenvalue weighted by Crippen LogP contribution is 2.40. The van der Waals surface area contributed by atoms with E-state index in [-0.39, 0.29) is 24.2 Å². The Bertz CT molecular complexity index is 612. The summed E-state index contributed by atoms with van der Waals surface area (Å²) < 4.78 is 11.5. The number of rotatable bonds is 6. The molecule has 0 spiro atoms. The average molecular weight is 331 g/mol. The predicted octanol–water partition coefficient (Wildman–Crippen LogP) is 0.712. The van der Waals surface area contributed by atoms with Gasteiger partial charge in [0.15, 0.2) is 0 Å². The molecular weight excluding hydrogens is 309 g/mol. The first kappa shape index (κ1) is 15.9. The van der Waals surface area contributed by atoms with E-state index in [9.17, 15) is 14.8 Å². The van der Waals surface area contributed by atoms with Crippen molar-refractivity contribution < 1.29 is 24.3 Å². The number of hydrogen-bond acceptors (Lipinski definition) is 5. The molecule has 6 nitrogen and oxygen atoms in total. The van der Waals surface area contributed by atoms with Gasteiger partial charge in [0, 0.05) is 11.5 Å². The van der Waals surface area contributed by atoms with Crippen LogP contribution in [0.25, 0.3) is 0 Å². The number of nitrogens with zero attached hydrogens (tertiary/aromatic N) is 1. The molecule has 0 aliphatic carbocycles. The molecule has 0 radical (unpaired) electrons. The fraction of sp³-hybridized carbons (Fsp3) is 0.588. The topological polar surface area (TPSA) is 79.2 Å². The van der Waals surface area contributed by atoms with E-state index in [4.69, 9.17) is 9.47 Å². The van der Waals surface area contributed by atoms with Crippen LogP contribution >= 0.6 is 0 Å².